The van der Waals surface area contributed by atoms with Crippen molar-refractivity contribution in [1.29, 1.82) is 0 Å². The van der Waals surface area contributed by atoms with E-state index in [0.717, 1.165) is 29.8 Å². The van der Waals surface area contributed by atoms with Gasteiger partial charge in [-0.15, -0.1) is 0 Å². The summed E-state index contributed by atoms with van der Waals surface area (Å²) in [5.74, 6) is 1.38. The molecule has 1 aliphatic heterocycles. The van der Waals surface area contributed by atoms with E-state index in [-0.39, 0.29) is 11.9 Å². The van der Waals surface area contributed by atoms with Gasteiger partial charge in [-0.25, -0.2) is 0 Å². The van der Waals surface area contributed by atoms with E-state index in [1.165, 1.54) is 5.56 Å². The fraction of sp³-hybridized carbons (Fsp3) is 0.321. The van der Waals surface area contributed by atoms with Crippen molar-refractivity contribution in [3.8, 4) is 22.6 Å². The number of amides is 1. The van der Waals surface area contributed by atoms with Gasteiger partial charge in [-0.3, -0.25) is 9.69 Å². The summed E-state index contributed by atoms with van der Waals surface area (Å²) in [6, 6.07) is 24.4. The Kier molecular flexibility index (Phi) is 8.17. The molecular formula is C28H32N2O4. The van der Waals surface area contributed by atoms with Crippen molar-refractivity contribution in [3.63, 3.8) is 0 Å². The molecule has 0 radical (unpaired) electrons. The van der Waals surface area contributed by atoms with E-state index in [2.05, 4.69) is 34.5 Å². The molecular weight excluding hydrogens is 428 g/mol. The van der Waals surface area contributed by atoms with Gasteiger partial charge in [0.2, 0.25) is 5.91 Å². The number of ether oxygens (including phenoxy) is 3. The molecule has 6 heteroatoms. The first-order chi connectivity index (χ1) is 16.7. The van der Waals surface area contributed by atoms with Crippen LogP contribution in [0.1, 0.15) is 17.2 Å². The Morgan fingerprint density at radius 1 is 0.912 bits per heavy atom. The van der Waals surface area contributed by atoms with Crippen LogP contribution < -0.4 is 14.8 Å². The average molecular weight is 461 g/mol. The molecule has 0 aliphatic carbocycles. The van der Waals surface area contributed by atoms with Crippen LogP contribution in [0.2, 0.25) is 0 Å². The van der Waals surface area contributed by atoms with Crippen molar-refractivity contribution in [1.82, 2.24) is 10.2 Å². The Morgan fingerprint density at radius 3 is 2.26 bits per heavy atom. The monoisotopic (exact) mass is 460 g/mol. The molecule has 3 aromatic carbocycles. The highest BCUT2D eigenvalue weighted by Crippen LogP contribution is 2.32. The van der Waals surface area contributed by atoms with Gasteiger partial charge >= 0.3 is 0 Å². The molecule has 178 valence electrons. The molecule has 1 amide bonds. The Bertz CT molecular complexity index is 1060. The quantitative estimate of drug-likeness (QED) is 0.521. The van der Waals surface area contributed by atoms with Crippen LogP contribution >= 0.6 is 0 Å². The van der Waals surface area contributed by atoms with Gasteiger partial charge in [0.1, 0.15) is 0 Å². The topological polar surface area (TPSA) is 60.0 Å². The third-order valence-electron chi connectivity index (χ3n) is 6.20. The fourth-order valence-electron chi connectivity index (χ4n) is 4.31. The molecule has 1 N–H and O–H groups in total. The number of benzene rings is 3. The maximum absolute atomic E-state index is 12.8. The summed E-state index contributed by atoms with van der Waals surface area (Å²) in [4.78, 5) is 15.2. The first-order valence-corrected chi connectivity index (χ1v) is 11.6. The lowest BCUT2D eigenvalue weighted by molar-refractivity contribution is -0.120. The molecule has 1 aliphatic rings. The molecule has 1 unspecified atom stereocenters. The maximum atomic E-state index is 12.8. The van der Waals surface area contributed by atoms with Gasteiger partial charge in [0.05, 0.1) is 39.9 Å². The van der Waals surface area contributed by atoms with Crippen molar-refractivity contribution in [3.05, 3.63) is 83.9 Å². The zero-order valence-electron chi connectivity index (χ0n) is 19.8. The molecule has 1 saturated heterocycles. The van der Waals surface area contributed by atoms with Gasteiger partial charge in [0.15, 0.2) is 11.5 Å². The SMILES string of the molecule is COc1ccc(C(CNC(=O)Cc2ccc(-c3ccccc3)cc2)N2CCOCC2)cc1OC. The second-order valence-corrected chi connectivity index (χ2v) is 8.32. The Balaban J connectivity index is 1.42. The first-order valence-electron chi connectivity index (χ1n) is 11.6. The molecule has 0 aromatic heterocycles. The van der Waals surface area contributed by atoms with Crippen LogP contribution in [0.3, 0.4) is 0 Å². The van der Waals surface area contributed by atoms with Crippen molar-refractivity contribution in [2.24, 2.45) is 0 Å². The standard InChI is InChI=1S/C28H32N2O4/c1-32-26-13-12-24(19-27(26)33-2)25(30-14-16-34-17-15-30)20-29-28(31)18-21-8-10-23(11-9-21)22-6-4-3-5-7-22/h3-13,19,25H,14-18,20H2,1-2H3,(H,29,31). The van der Waals surface area contributed by atoms with Crippen LogP contribution in [0, 0.1) is 0 Å². The average Bonchev–Trinajstić information content (AvgIpc) is 2.90. The van der Waals surface area contributed by atoms with Gasteiger partial charge < -0.3 is 19.5 Å². The summed E-state index contributed by atoms with van der Waals surface area (Å²) in [6.45, 7) is 3.51. The number of nitrogens with zero attached hydrogens (tertiary/aromatic N) is 1. The lowest BCUT2D eigenvalue weighted by Crippen LogP contribution is -2.44. The Morgan fingerprint density at radius 2 is 1.59 bits per heavy atom. The second kappa shape index (κ2) is 11.7. The molecule has 3 aromatic rings. The van der Waals surface area contributed by atoms with Crippen LogP contribution in [0.5, 0.6) is 11.5 Å². The van der Waals surface area contributed by atoms with Crippen molar-refractivity contribution < 1.29 is 19.0 Å². The number of hydrogen-bond acceptors (Lipinski definition) is 5. The van der Waals surface area contributed by atoms with Crippen molar-refractivity contribution in [2.45, 2.75) is 12.5 Å². The number of nitrogens with one attached hydrogen (secondary N) is 1. The van der Waals surface area contributed by atoms with Gasteiger partial charge in [-0.2, -0.15) is 0 Å². The number of carbonyl (C=O) groups excluding carboxylic acids is 1. The summed E-state index contributed by atoms with van der Waals surface area (Å²) in [6.07, 6.45) is 0.344. The van der Waals surface area contributed by atoms with Gasteiger partial charge in [0, 0.05) is 19.6 Å². The summed E-state index contributed by atoms with van der Waals surface area (Å²) in [7, 11) is 3.26. The smallest absolute Gasteiger partial charge is 0.224 e. The van der Waals surface area contributed by atoms with Gasteiger partial charge in [-0.05, 0) is 34.4 Å². The number of morpholine rings is 1. The Labute approximate surface area is 201 Å². The van der Waals surface area contributed by atoms with E-state index in [1.807, 2.05) is 48.5 Å². The summed E-state index contributed by atoms with van der Waals surface area (Å²) >= 11 is 0. The molecule has 4 rings (SSSR count). The van der Waals surface area contributed by atoms with Gasteiger partial charge in [0.25, 0.3) is 0 Å². The predicted octanol–water partition coefficient (Wildman–Crippen LogP) is 4.10. The van der Waals surface area contributed by atoms with Crippen LogP contribution in [-0.2, 0) is 16.0 Å². The van der Waals surface area contributed by atoms with Crippen LogP contribution in [-0.4, -0.2) is 57.9 Å². The van der Waals surface area contributed by atoms with Crippen LogP contribution in [0.15, 0.2) is 72.8 Å². The highest BCUT2D eigenvalue weighted by atomic mass is 16.5. The lowest BCUT2D eigenvalue weighted by atomic mass is 10.0. The van der Waals surface area contributed by atoms with E-state index in [1.54, 1.807) is 14.2 Å². The number of methoxy groups -OCH3 is 2. The molecule has 0 spiro atoms. The predicted molar refractivity (Wildman–Crippen MR) is 133 cm³/mol. The molecule has 34 heavy (non-hydrogen) atoms. The van der Waals surface area contributed by atoms with E-state index in [9.17, 15) is 4.79 Å². The van der Waals surface area contributed by atoms with E-state index < -0.39 is 0 Å². The zero-order chi connectivity index (χ0) is 23.8. The molecule has 0 bridgehead atoms. The molecule has 6 nitrogen and oxygen atoms in total. The fourth-order valence-corrected chi connectivity index (χ4v) is 4.31. The zero-order valence-corrected chi connectivity index (χ0v) is 19.8. The minimum atomic E-state index is 0.00574. The normalized spacial score (nSPS) is 14.9. The number of rotatable bonds is 9. The first kappa shape index (κ1) is 23.8. The van der Waals surface area contributed by atoms with Crippen molar-refractivity contribution >= 4 is 5.91 Å². The number of hydrogen-bond donors (Lipinski definition) is 1. The third kappa shape index (κ3) is 5.95. The largest absolute Gasteiger partial charge is 0.493 e. The van der Waals surface area contributed by atoms with E-state index in [0.29, 0.717) is 37.7 Å². The third-order valence-corrected chi connectivity index (χ3v) is 6.20. The van der Waals surface area contributed by atoms with E-state index in [4.69, 9.17) is 14.2 Å². The molecule has 0 saturated carbocycles. The minimum absolute atomic E-state index is 0.00574. The Hall–Kier alpha value is -3.35. The summed E-state index contributed by atoms with van der Waals surface area (Å²) in [5.41, 5.74) is 4.38. The summed E-state index contributed by atoms with van der Waals surface area (Å²) < 4.78 is 16.4. The van der Waals surface area contributed by atoms with Gasteiger partial charge in [-0.1, -0.05) is 60.7 Å². The van der Waals surface area contributed by atoms with E-state index >= 15 is 0 Å². The summed E-state index contributed by atoms with van der Waals surface area (Å²) in [5, 5.41) is 3.15. The highest BCUT2D eigenvalue weighted by molar-refractivity contribution is 5.79. The molecule has 1 fully saturated rings. The van der Waals surface area contributed by atoms with Crippen LogP contribution in [0.4, 0.5) is 0 Å². The number of carbonyl (C=O) groups is 1. The van der Waals surface area contributed by atoms with Crippen LogP contribution in [0.25, 0.3) is 11.1 Å². The lowest BCUT2D eigenvalue weighted by Gasteiger charge is -2.35. The maximum Gasteiger partial charge on any atom is 0.224 e. The molecule has 1 heterocycles. The highest BCUT2D eigenvalue weighted by Gasteiger charge is 2.24. The van der Waals surface area contributed by atoms with Crippen molar-refractivity contribution in [2.75, 3.05) is 47.1 Å². The molecule has 1 atom stereocenters. The minimum Gasteiger partial charge on any atom is -0.493 e. The second-order valence-electron chi connectivity index (χ2n) is 8.32.